The molecule has 3 nitrogen and oxygen atoms in total. The SMILES string of the molecule is CCOC=C1CC=CC=C1C(=O)CC#N. The van der Waals surface area contributed by atoms with E-state index < -0.39 is 0 Å². The quantitative estimate of drug-likeness (QED) is 0.658. The fraction of sp³-hybridized carbons (Fsp3) is 0.333. The third kappa shape index (κ3) is 3.10. The predicted molar refractivity (Wildman–Crippen MR) is 56.8 cm³/mol. The molecule has 0 saturated carbocycles. The van der Waals surface area contributed by atoms with Gasteiger partial charge >= 0.3 is 0 Å². The van der Waals surface area contributed by atoms with Crippen LogP contribution in [0.5, 0.6) is 0 Å². The Morgan fingerprint density at radius 3 is 3.20 bits per heavy atom. The summed E-state index contributed by atoms with van der Waals surface area (Å²) >= 11 is 0. The van der Waals surface area contributed by atoms with E-state index in [4.69, 9.17) is 10.00 Å². The van der Waals surface area contributed by atoms with Crippen molar-refractivity contribution in [1.82, 2.24) is 0 Å². The zero-order valence-electron chi connectivity index (χ0n) is 8.69. The van der Waals surface area contributed by atoms with Gasteiger partial charge in [-0.25, -0.2) is 0 Å². The maximum atomic E-state index is 11.6. The minimum Gasteiger partial charge on any atom is -0.501 e. The number of carbonyl (C=O) groups is 1. The van der Waals surface area contributed by atoms with Gasteiger partial charge < -0.3 is 4.74 Å². The van der Waals surface area contributed by atoms with Crippen molar-refractivity contribution in [2.75, 3.05) is 6.61 Å². The molecule has 0 atom stereocenters. The number of Topliss-reactive ketones (excluding diaryl/α,β-unsaturated/α-hetero) is 1. The molecule has 0 spiro atoms. The van der Waals surface area contributed by atoms with Crippen LogP contribution >= 0.6 is 0 Å². The lowest BCUT2D eigenvalue weighted by atomic mass is 9.95. The Morgan fingerprint density at radius 2 is 2.53 bits per heavy atom. The second kappa shape index (κ2) is 5.82. The lowest BCUT2D eigenvalue weighted by Crippen LogP contribution is -2.06. The number of hydrogen-bond acceptors (Lipinski definition) is 3. The summed E-state index contributed by atoms with van der Waals surface area (Å²) in [6, 6.07) is 1.86. The van der Waals surface area contributed by atoms with Crippen LogP contribution in [0.2, 0.25) is 0 Å². The first-order valence-electron chi connectivity index (χ1n) is 4.87. The molecule has 0 amide bonds. The van der Waals surface area contributed by atoms with Crippen LogP contribution in [0.4, 0.5) is 0 Å². The number of nitriles is 1. The van der Waals surface area contributed by atoms with Crippen LogP contribution < -0.4 is 0 Å². The topological polar surface area (TPSA) is 50.1 Å². The maximum absolute atomic E-state index is 11.6. The van der Waals surface area contributed by atoms with Crippen molar-refractivity contribution in [3.05, 3.63) is 35.6 Å². The number of rotatable bonds is 4. The molecule has 0 aromatic rings. The van der Waals surface area contributed by atoms with Crippen LogP contribution in [0.25, 0.3) is 0 Å². The van der Waals surface area contributed by atoms with Gasteiger partial charge in [-0.15, -0.1) is 0 Å². The number of nitrogens with zero attached hydrogens (tertiary/aromatic N) is 1. The van der Waals surface area contributed by atoms with Gasteiger partial charge in [0.15, 0.2) is 5.78 Å². The zero-order valence-corrected chi connectivity index (χ0v) is 8.69. The second-order valence-electron chi connectivity index (χ2n) is 3.07. The van der Waals surface area contributed by atoms with Crippen LogP contribution in [0.1, 0.15) is 19.8 Å². The van der Waals surface area contributed by atoms with E-state index in [2.05, 4.69) is 0 Å². The highest BCUT2D eigenvalue weighted by Gasteiger charge is 2.15. The van der Waals surface area contributed by atoms with E-state index in [1.54, 1.807) is 12.3 Å². The zero-order chi connectivity index (χ0) is 11.1. The van der Waals surface area contributed by atoms with Crippen LogP contribution in [-0.4, -0.2) is 12.4 Å². The van der Waals surface area contributed by atoms with Crippen molar-refractivity contribution in [3.8, 4) is 6.07 Å². The Kier molecular flexibility index (Phi) is 4.36. The maximum Gasteiger partial charge on any atom is 0.177 e. The monoisotopic (exact) mass is 203 g/mol. The Labute approximate surface area is 89.3 Å². The first kappa shape index (κ1) is 11.3. The Hall–Kier alpha value is -1.82. The normalized spacial score (nSPS) is 17.1. The lowest BCUT2D eigenvalue weighted by Gasteiger charge is -2.10. The molecular weight excluding hydrogens is 190 g/mol. The van der Waals surface area contributed by atoms with Crippen molar-refractivity contribution in [1.29, 1.82) is 5.26 Å². The number of hydrogen-bond donors (Lipinski definition) is 0. The molecule has 0 aliphatic heterocycles. The smallest absolute Gasteiger partial charge is 0.177 e. The van der Waals surface area contributed by atoms with Crippen LogP contribution in [0.15, 0.2) is 35.6 Å². The first-order valence-corrected chi connectivity index (χ1v) is 4.87. The van der Waals surface area contributed by atoms with E-state index in [9.17, 15) is 4.79 Å². The van der Waals surface area contributed by atoms with Crippen LogP contribution in [0, 0.1) is 11.3 Å². The Bertz CT molecular complexity index is 370. The van der Waals surface area contributed by atoms with E-state index >= 15 is 0 Å². The first-order chi connectivity index (χ1) is 7.29. The standard InChI is InChI=1S/C12H13NO2/c1-2-15-9-10-5-3-4-6-11(10)12(14)7-8-13/h3-4,6,9H,2,5,7H2,1H3. The number of carbonyl (C=O) groups excluding carboxylic acids is 1. The second-order valence-corrected chi connectivity index (χ2v) is 3.07. The van der Waals surface area contributed by atoms with Gasteiger partial charge in [-0.3, -0.25) is 4.79 Å². The van der Waals surface area contributed by atoms with Crippen molar-refractivity contribution in [2.45, 2.75) is 19.8 Å². The molecule has 1 rings (SSSR count). The molecule has 0 heterocycles. The third-order valence-electron chi connectivity index (χ3n) is 2.01. The summed E-state index contributed by atoms with van der Waals surface area (Å²) in [6.07, 6.45) is 7.71. The average molecular weight is 203 g/mol. The summed E-state index contributed by atoms with van der Waals surface area (Å²) in [6.45, 7) is 2.46. The molecule has 78 valence electrons. The van der Waals surface area contributed by atoms with Crippen LogP contribution in [-0.2, 0) is 9.53 Å². The van der Waals surface area contributed by atoms with Gasteiger partial charge in [0.1, 0.15) is 0 Å². The molecule has 1 aliphatic rings. The summed E-state index contributed by atoms with van der Waals surface area (Å²) in [5, 5.41) is 8.46. The van der Waals surface area contributed by atoms with Crippen LogP contribution in [0.3, 0.4) is 0 Å². The third-order valence-corrected chi connectivity index (χ3v) is 2.01. The van der Waals surface area contributed by atoms with Gasteiger partial charge in [0.25, 0.3) is 0 Å². The highest BCUT2D eigenvalue weighted by Crippen LogP contribution is 2.21. The van der Waals surface area contributed by atoms with Gasteiger partial charge in [-0.1, -0.05) is 18.2 Å². The van der Waals surface area contributed by atoms with E-state index in [-0.39, 0.29) is 12.2 Å². The highest BCUT2D eigenvalue weighted by molar-refractivity contribution is 6.01. The van der Waals surface area contributed by atoms with E-state index in [1.165, 1.54) is 0 Å². The van der Waals surface area contributed by atoms with Crippen molar-refractivity contribution in [3.63, 3.8) is 0 Å². The molecule has 0 aromatic carbocycles. The molecule has 0 saturated heterocycles. The predicted octanol–water partition coefficient (Wildman–Crippen LogP) is 2.28. The molecule has 0 aromatic heterocycles. The molecular formula is C12H13NO2. The minimum absolute atomic E-state index is 0.0802. The minimum atomic E-state index is -0.146. The molecule has 0 N–H and O–H groups in total. The van der Waals surface area contributed by atoms with Gasteiger partial charge in [-0.05, 0) is 13.3 Å². The number of allylic oxidation sites excluding steroid dienone is 5. The fourth-order valence-corrected chi connectivity index (χ4v) is 1.31. The van der Waals surface area contributed by atoms with Crippen molar-refractivity contribution < 1.29 is 9.53 Å². The summed E-state index contributed by atoms with van der Waals surface area (Å²) < 4.78 is 5.16. The summed E-state index contributed by atoms with van der Waals surface area (Å²) in [5.41, 5.74) is 1.44. The van der Waals surface area contributed by atoms with Gasteiger partial charge in [0.05, 0.1) is 25.4 Å². The van der Waals surface area contributed by atoms with E-state index in [0.29, 0.717) is 18.6 Å². The fourth-order valence-electron chi connectivity index (χ4n) is 1.31. The average Bonchev–Trinajstić information content (AvgIpc) is 2.27. The Morgan fingerprint density at radius 1 is 1.73 bits per heavy atom. The van der Waals surface area contributed by atoms with Crippen molar-refractivity contribution in [2.24, 2.45) is 0 Å². The largest absolute Gasteiger partial charge is 0.501 e. The molecule has 0 radical (unpaired) electrons. The Balaban J connectivity index is 2.82. The van der Waals surface area contributed by atoms with E-state index in [0.717, 1.165) is 5.57 Å². The summed E-state index contributed by atoms with van der Waals surface area (Å²) in [4.78, 5) is 11.6. The number of ether oxygens (including phenoxy) is 1. The molecule has 0 unspecified atom stereocenters. The molecule has 3 heteroatoms. The van der Waals surface area contributed by atoms with Gasteiger partial charge in [0, 0.05) is 11.1 Å². The summed E-state index contributed by atoms with van der Waals surface area (Å²) in [5.74, 6) is -0.146. The van der Waals surface area contributed by atoms with Gasteiger partial charge in [0.2, 0.25) is 0 Å². The van der Waals surface area contributed by atoms with E-state index in [1.807, 2.05) is 25.1 Å². The highest BCUT2D eigenvalue weighted by atomic mass is 16.5. The van der Waals surface area contributed by atoms with Gasteiger partial charge in [-0.2, -0.15) is 5.26 Å². The van der Waals surface area contributed by atoms with Crippen molar-refractivity contribution >= 4 is 5.78 Å². The molecule has 15 heavy (non-hydrogen) atoms. The lowest BCUT2D eigenvalue weighted by molar-refractivity contribution is -0.114. The number of ketones is 1. The molecule has 1 aliphatic carbocycles. The molecule has 0 bridgehead atoms. The summed E-state index contributed by atoms with van der Waals surface area (Å²) in [7, 11) is 0. The molecule has 0 fully saturated rings.